The molecule has 1 saturated heterocycles. The van der Waals surface area contributed by atoms with Crippen LogP contribution < -0.4 is 16.4 Å². The maximum absolute atomic E-state index is 13.8. The van der Waals surface area contributed by atoms with Crippen LogP contribution in [0.15, 0.2) is 126 Å². The number of nitrogens with two attached hydrogens (primary N) is 1. The number of carboxylic acids is 1. The molecule has 0 bridgehead atoms. The molecule has 0 saturated carbocycles. The number of carbonyl (C=O) groups is 3. The predicted molar refractivity (Wildman–Crippen MR) is 220 cm³/mol. The zero-order valence-corrected chi connectivity index (χ0v) is 31.0. The Morgan fingerprint density at radius 1 is 0.845 bits per heavy atom. The molecule has 2 amide bonds. The van der Waals surface area contributed by atoms with E-state index in [1.165, 1.54) is 12.3 Å². The van der Waals surface area contributed by atoms with E-state index in [9.17, 15) is 19.5 Å². The number of nitrogen functional groups attached to an aromatic ring is 1. The monoisotopic (exact) mass is 768 g/mol. The van der Waals surface area contributed by atoms with Gasteiger partial charge in [-0.05, 0) is 71.3 Å². The number of aromatic amines is 1. The molecule has 58 heavy (non-hydrogen) atoms. The third-order valence-corrected chi connectivity index (χ3v) is 10.6. The fourth-order valence-electron chi connectivity index (χ4n) is 7.58. The molecule has 0 unspecified atom stereocenters. The average molecular weight is 769 g/mol. The lowest BCUT2D eigenvalue weighted by Gasteiger charge is -2.35. The highest BCUT2D eigenvalue weighted by Gasteiger charge is 2.26. The normalized spacial score (nSPS) is 13.3. The molecule has 6 N–H and O–H groups in total. The van der Waals surface area contributed by atoms with Crippen molar-refractivity contribution in [1.82, 2.24) is 24.8 Å². The number of aromatic nitrogens is 3. The summed E-state index contributed by atoms with van der Waals surface area (Å²) in [6.45, 7) is 3.01. The first-order chi connectivity index (χ1) is 28.2. The molecule has 5 heterocycles. The molecule has 286 valence electrons. The number of amides is 2. The number of nitrogens with one attached hydrogen (secondary N) is 3. The molecule has 13 nitrogen and oxygen atoms in total. The van der Waals surface area contributed by atoms with Gasteiger partial charge >= 0.3 is 5.97 Å². The van der Waals surface area contributed by atoms with Crippen molar-refractivity contribution in [2.75, 3.05) is 37.2 Å². The van der Waals surface area contributed by atoms with E-state index in [4.69, 9.17) is 15.6 Å². The SMILES string of the molecule is N=c1ccc2c(-c3ccc(C(=O)N4CCN(Cc5ccc(-c6cnc7[nH]cc(NC(=O)c8cccnc8)c7c6)cc5)CC4)cc3C(=O)O)c3ccc(N)cc3oc-2c1. The van der Waals surface area contributed by atoms with E-state index in [0.717, 1.165) is 22.1 Å². The van der Waals surface area contributed by atoms with Crippen LogP contribution in [-0.2, 0) is 6.54 Å². The number of fused-ring (bicyclic) bond motifs is 3. The number of hydrogen-bond donors (Lipinski definition) is 5. The van der Waals surface area contributed by atoms with Crippen LogP contribution in [0.4, 0.5) is 11.4 Å². The number of carbonyl (C=O) groups excluding carboxylic acids is 2. The van der Waals surface area contributed by atoms with Crippen molar-refractivity contribution in [1.29, 1.82) is 5.41 Å². The van der Waals surface area contributed by atoms with Crippen LogP contribution in [0.25, 0.3) is 55.6 Å². The van der Waals surface area contributed by atoms with E-state index in [1.54, 1.807) is 84.2 Å². The van der Waals surface area contributed by atoms with Crippen LogP contribution in [0.3, 0.4) is 0 Å². The molecule has 3 aromatic carbocycles. The molecule has 3 aromatic heterocycles. The number of nitrogens with zero attached hydrogens (tertiary/aromatic N) is 4. The zero-order valence-electron chi connectivity index (χ0n) is 31.0. The Hall–Kier alpha value is -7.64. The molecule has 6 aromatic rings. The Morgan fingerprint density at radius 2 is 1.66 bits per heavy atom. The first-order valence-electron chi connectivity index (χ1n) is 18.7. The lowest BCUT2D eigenvalue weighted by atomic mass is 9.89. The third-order valence-electron chi connectivity index (χ3n) is 10.6. The Bertz CT molecular complexity index is 2910. The van der Waals surface area contributed by atoms with Gasteiger partial charge in [0.15, 0.2) is 0 Å². The van der Waals surface area contributed by atoms with Gasteiger partial charge in [-0.3, -0.25) is 19.5 Å². The summed E-state index contributed by atoms with van der Waals surface area (Å²) in [6, 6.07) is 28.7. The number of hydrogen-bond acceptors (Lipinski definition) is 9. The molecule has 13 heteroatoms. The van der Waals surface area contributed by atoms with E-state index in [1.807, 2.05) is 6.07 Å². The fraction of sp³-hybridized carbons (Fsp3) is 0.111. The Morgan fingerprint density at radius 3 is 2.43 bits per heavy atom. The second-order valence-electron chi connectivity index (χ2n) is 14.3. The molecule has 0 atom stereocenters. The highest BCUT2D eigenvalue weighted by atomic mass is 16.4. The van der Waals surface area contributed by atoms with E-state index >= 15 is 0 Å². The van der Waals surface area contributed by atoms with Crippen molar-refractivity contribution in [3.63, 3.8) is 0 Å². The summed E-state index contributed by atoms with van der Waals surface area (Å²) >= 11 is 0. The predicted octanol–water partition coefficient (Wildman–Crippen LogP) is 7.11. The van der Waals surface area contributed by atoms with Crippen molar-refractivity contribution in [3.8, 4) is 33.6 Å². The Kier molecular flexibility index (Phi) is 9.18. The third kappa shape index (κ3) is 6.90. The molecule has 3 aliphatic rings. The summed E-state index contributed by atoms with van der Waals surface area (Å²) in [7, 11) is 0. The number of anilines is 2. The van der Waals surface area contributed by atoms with Gasteiger partial charge in [0.1, 0.15) is 17.0 Å². The number of pyridine rings is 2. The van der Waals surface area contributed by atoms with Gasteiger partial charge in [-0.25, -0.2) is 9.78 Å². The highest BCUT2D eigenvalue weighted by Crippen LogP contribution is 2.42. The second kappa shape index (κ2) is 14.8. The minimum atomic E-state index is -1.16. The van der Waals surface area contributed by atoms with Gasteiger partial charge in [-0.15, -0.1) is 0 Å². The van der Waals surface area contributed by atoms with Crippen molar-refractivity contribution in [2.45, 2.75) is 6.54 Å². The van der Waals surface area contributed by atoms with Gasteiger partial charge in [0.2, 0.25) is 0 Å². The largest absolute Gasteiger partial charge is 0.478 e. The second-order valence-corrected chi connectivity index (χ2v) is 14.3. The summed E-state index contributed by atoms with van der Waals surface area (Å²) in [5.74, 6) is -1.21. The van der Waals surface area contributed by atoms with Gasteiger partial charge < -0.3 is 35.9 Å². The number of piperazine rings is 1. The fourth-order valence-corrected chi connectivity index (χ4v) is 7.58. The minimum Gasteiger partial charge on any atom is -0.478 e. The molecule has 0 radical (unpaired) electrons. The molecule has 9 rings (SSSR count). The molecule has 0 spiro atoms. The summed E-state index contributed by atoms with van der Waals surface area (Å²) in [5, 5.41) is 23.2. The topological polar surface area (TPSA) is 195 Å². The van der Waals surface area contributed by atoms with Gasteiger partial charge in [0.05, 0.1) is 22.2 Å². The van der Waals surface area contributed by atoms with Gasteiger partial charge in [0, 0.05) is 108 Å². The number of carboxylic acid groups (broad SMARTS) is 1. The summed E-state index contributed by atoms with van der Waals surface area (Å²) in [5.41, 5.74) is 13.8. The number of H-pyrrole nitrogens is 1. The molecular formula is C45H36N8O5. The van der Waals surface area contributed by atoms with Gasteiger partial charge in [0.25, 0.3) is 11.8 Å². The van der Waals surface area contributed by atoms with Crippen molar-refractivity contribution in [2.24, 2.45) is 0 Å². The molecular weight excluding hydrogens is 733 g/mol. The standard InChI is InChI=1S/C45H36N8O5/c46-31-8-11-34-39(20-31)58-40-21-32(47)9-12-35(40)41(34)33-10-7-28(18-36(33)45(56)57)44(55)53-16-14-52(15-17-53)25-26-3-5-27(6-4-26)30-19-37-38(24-50-42(37)49-23-30)51-43(54)29-2-1-13-48-22-29/h1-13,18-24,46H,14-17,25,47H2,(H,49,50)(H,51,54)(H,56,57). The first-order valence-corrected chi connectivity index (χ1v) is 18.7. The first kappa shape index (κ1) is 36.0. The van der Waals surface area contributed by atoms with Gasteiger partial charge in [-0.2, -0.15) is 0 Å². The smallest absolute Gasteiger partial charge is 0.336 e. The molecule has 1 fully saturated rings. The van der Waals surface area contributed by atoms with Crippen LogP contribution in [0.2, 0.25) is 0 Å². The maximum Gasteiger partial charge on any atom is 0.336 e. The summed E-state index contributed by atoms with van der Waals surface area (Å²) in [4.78, 5) is 55.1. The maximum atomic E-state index is 13.8. The van der Waals surface area contributed by atoms with Crippen LogP contribution >= 0.6 is 0 Å². The Balaban J connectivity index is 0.876. The van der Waals surface area contributed by atoms with E-state index in [2.05, 4.69) is 49.4 Å². The van der Waals surface area contributed by atoms with E-state index in [0.29, 0.717) is 94.3 Å². The average Bonchev–Trinajstić information content (AvgIpc) is 3.64. The van der Waals surface area contributed by atoms with E-state index < -0.39 is 5.97 Å². The lowest BCUT2D eigenvalue weighted by molar-refractivity contribution is 0.0628. The highest BCUT2D eigenvalue weighted by molar-refractivity contribution is 6.10. The van der Waals surface area contributed by atoms with Crippen LogP contribution in [0, 0.1) is 5.41 Å². The van der Waals surface area contributed by atoms with Crippen LogP contribution in [-0.4, -0.2) is 73.8 Å². The number of aromatic carboxylic acids is 1. The molecule has 1 aliphatic carbocycles. The zero-order chi connectivity index (χ0) is 39.9. The summed E-state index contributed by atoms with van der Waals surface area (Å²) < 4.78 is 6.09. The summed E-state index contributed by atoms with van der Waals surface area (Å²) in [6.07, 6.45) is 6.68. The minimum absolute atomic E-state index is 0.00894. The van der Waals surface area contributed by atoms with E-state index in [-0.39, 0.29) is 22.7 Å². The number of benzene rings is 4. The van der Waals surface area contributed by atoms with Crippen LogP contribution in [0.1, 0.15) is 36.6 Å². The van der Waals surface area contributed by atoms with Crippen LogP contribution in [0.5, 0.6) is 0 Å². The van der Waals surface area contributed by atoms with Crippen molar-refractivity contribution < 1.29 is 23.9 Å². The quantitative estimate of drug-likeness (QED) is 0.0791. The van der Waals surface area contributed by atoms with Crippen molar-refractivity contribution in [3.05, 3.63) is 149 Å². The molecule has 2 aliphatic heterocycles. The van der Waals surface area contributed by atoms with Gasteiger partial charge in [-0.1, -0.05) is 30.3 Å². The Labute approximate surface area is 331 Å². The lowest BCUT2D eigenvalue weighted by Crippen LogP contribution is -2.48. The number of rotatable bonds is 8. The van der Waals surface area contributed by atoms with Crippen molar-refractivity contribution >= 4 is 51.2 Å².